The Balaban J connectivity index is 2.87. The van der Waals surface area contributed by atoms with Crippen LogP contribution in [0.15, 0.2) is 0 Å². The van der Waals surface area contributed by atoms with Gasteiger partial charge in [-0.3, -0.25) is 9.59 Å². The molecule has 2 unspecified atom stereocenters. The summed E-state index contributed by atoms with van der Waals surface area (Å²) in [5.74, 6) is 0.212. The van der Waals surface area contributed by atoms with Gasteiger partial charge in [-0.25, -0.2) is 0 Å². The largest absolute Gasteiger partial charge is 0.385 e. The van der Waals surface area contributed by atoms with Crippen LogP contribution in [0, 0.1) is 11.8 Å². The Hall–Kier alpha value is -1.10. The predicted molar refractivity (Wildman–Crippen MR) is 73.6 cm³/mol. The van der Waals surface area contributed by atoms with E-state index in [0.717, 1.165) is 6.42 Å². The van der Waals surface area contributed by atoms with Gasteiger partial charge < -0.3 is 15.0 Å². The molecule has 1 heterocycles. The van der Waals surface area contributed by atoms with Gasteiger partial charge in [-0.05, 0) is 18.3 Å². The molecule has 1 saturated heterocycles. The van der Waals surface area contributed by atoms with Crippen molar-refractivity contribution in [2.24, 2.45) is 11.8 Å². The topological polar surface area (TPSA) is 58.6 Å². The van der Waals surface area contributed by atoms with E-state index in [0.29, 0.717) is 13.2 Å². The number of piperazine rings is 1. The molecule has 1 aliphatic heterocycles. The summed E-state index contributed by atoms with van der Waals surface area (Å²) in [7, 11) is 1.64. The molecule has 0 aromatic rings. The SMILES string of the molecule is COCCCN1C(=O)C(C(C)C)NC(=O)C1C(C)C. The Bertz CT molecular complexity index is 329. The van der Waals surface area contributed by atoms with Gasteiger partial charge in [-0.15, -0.1) is 0 Å². The zero-order chi connectivity index (χ0) is 14.6. The lowest BCUT2D eigenvalue weighted by Gasteiger charge is -2.42. The second kappa shape index (κ2) is 6.89. The molecular weight excluding hydrogens is 244 g/mol. The maximum Gasteiger partial charge on any atom is 0.246 e. The van der Waals surface area contributed by atoms with Crippen molar-refractivity contribution < 1.29 is 14.3 Å². The lowest BCUT2D eigenvalue weighted by Crippen LogP contribution is -2.66. The van der Waals surface area contributed by atoms with Gasteiger partial charge in [0, 0.05) is 20.3 Å². The van der Waals surface area contributed by atoms with E-state index in [2.05, 4.69) is 5.32 Å². The van der Waals surface area contributed by atoms with Gasteiger partial charge in [0.15, 0.2) is 0 Å². The molecule has 1 N–H and O–H groups in total. The van der Waals surface area contributed by atoms with Gasteiger partial charge >= 0.3 is 0 Å². The molecule has 0 saturated carbocycles. The lowest BCUT2D eigenvalue weighted by atomic mass is 9.93. The third kappa shape index (κ3) is 3.69. The summed E-state index contributed by atoms with van der Waals surface area (Å²) in [6.45, 7) is 9.01. The molecule has 0 aromatic heterocycles. The smallest absolute Gasteiger partial charge is 0.246 e. The zero-order valence-corrected chi connectivity index (χ0v) is 12.6. The fourth-order valence-corrected chi connectivity index (χ4v) is 2.50. The molecule has 1 fully saturated rings. The van der Waals surface area contributed by atoms with Crippen molar-refractivity contribution in [3.8, 4) is 0 Å². The number of rotatable bonds is 6. The monoisotopic (exact) mass is 270 g/mol. The van der Waals surface area contributed by atoms with Crippen molar-refractivity contribution in [3.63, 3.8) is 0 Å². The van der Waals surface area contributed by atoms with Gasteiger partial charge in [0.05, 0.1) is 0 Å². The summed E-state index contributed by atoms with van der Waals surface area (Å²) in [5, 5.41) is 2.86. The van der Waals surface area contributed by atoms with Gasteiger partial charge in [0.25, 0.3) is 0 Å². The van der Waals surface area contributed by atoms with E-state index in [9.17, 15) is 9.59 Å². The third-order valence-electron chi connectivity index (χ3n) is 3.50. The van der Waals surface area contributed by atoms with Gasteiger partial charge in [-0.1, -0.05) is 27.7 Å². The first kappa shape index (κ1) is 16.0. The van der Waals surface area contributed by atoms with Crippen LogP contribution < -0.4 is 5.32 Å². The molecule has 0 spiro atoms. The number of ether oxygens (including phenoxy) is 1. The summed E-state index contributed by atoms with van der Waals surface area (Å²) in [6, 6.07) is -0.760. The third-order valence-corrected chi connectivity index (χ3v) is 3.50. The highest BCUT2D eigenvalue weighted by Crippen LogP contribution is 2.20. The molecule has 2 amide bonds. The van der Waals surface area contributed by atoms with Crippen LogP contribution in [0.3, 0.4) is 0 Å². The van der Waals surface area contributed by atoms with E-state index in [4.69, 9.17) is 4.74 Å². The molecule has 0 radical (unpaired) electrons. The number of carbonyl (C=O) groups excluding carboxylic acids is 2. The molecule has 0 aromatic carbocycles. The van der Waals surface area contributed by atoms with E-state index in [1.54, 1.807) is 12.0 Å². The fourth-order valence-electron chi connectivity index (χ4n) is 2.50. The minimum absolute atomic E-state index is 0.0319. The van der Waals surface area contributed by atoms with Crippen LogP contribution in [-0.2, 0) is 14.3 Å². The van der Waals surface area contributed by atoms with Crippen LogP contribution in [0.1, 0.15) is 34.1 Å². The zero-order valence-electron chi connectivity index (χ0n) is 12.6. The summed E-state index contributed by atoms with van der Waals surface area (Å²) < 4.78 is 5.03. The van der Waals surface area contributed by atoms with E-state index >= 15 is 0 Å². The molecular formula is C14H26N2O3. The van der Waals surface area contributed by atoms with Crippen molar-refractivity contribution in [1.29, 1.82) is 0 Å². The average molecular weight is 270 g/mol. The van der Waals surface area contributed by atoms with Crippen LogP contribution in [0.25, 0.3) is 0 Å². The van der Waals surface area contributed by atoms with E-state index in [-0.39, 0.29) is 29.7 Å². The number of carbonyl (C=O) groups is 2. The minimum Gasteiger partial charge on any atom is -0.385 e. The summed E-state index contributed by atoms with van der Waals surface area (Å²) in [6.07, 6.45) is 0.754. The Morgan fingerprint density at radius 1 is 1.21 bits per heavy atom. The van der Waals surface area contributed by atoms with E-state index in [1.165, 1.54) is 0 Å². The first-order valence-electron chi connectivity index (χ1n) is 7.00. The highest BCUT2D eigenvalue weighted by atomic mass is 16.5. The van der Waals surface area contributed by atoms with Crippen LogP contribution in [-0.4, -0.2) is 49.1 Å². The maximum atomic E-state index is 12.5. The molecule has 5 heteroatoms. The van der Waals surface area contributed by atoms with Crippen molar-refractivity contribution in [3.05, 3.63) is 0 Å². The Morgan fingerprint density at radius 2 is 1.84 bits per heavy atom. The second-order valence-corrected chi connectivity index (χ2v) is 5.80. The molecule has 19 heavy (non-hydrogen) atoms. The van der Waals surface area contributed by atoms with Crippen LogP contribution in [0.2, 0.25) is 0 Å². The van der Waals surface area contributed by atoms with Crippen molar-refractivity contribution in [1.82, 2.24) is 10.2 Å². The first-order valence-corrected chi connectivity index (χ1v) is 7.00. The quantitative estimate of drug-likeness (QED) is 0.733. The molecule has 110 valence electrons. The van der Waals surface area contributed by atoms with E-state index in [1.807, 2.05) is 27.7 Å². The average Bonchev–Trinajstić information content (AvgIpc) is 2.32. The van der Waals surface area contributed by atoms with Crippen LogP contribution >= 0.6 is 0 Å². The number of hydrogen-bond donors (Lipinski definition) is 1. The number of nitrogens with zero attached hydrogens (tertiary/aromatic N) is 1. The number of methoxy groups -OCH3 is 1. The molecule has 2 atom stereocenters. The van der Waals surface area contributed by atoms with E-state index < -0.39 is 6.04 Å². The Kier molecular flexibility index (Phi) is 5.79. The van der Waals surface area contributed by atoms with Crippen LogP contribution in [0.5, 0.6) is 0 Å². The Morgan fingerprint density at radius 3 is 2.32 bits per heavy atom. The predicted octanol–water partition coefficient (Wildman–Crippen LogP) is 1.03. The van der Waals surface area contributed by atoms with Gasteiger partial charge in [-0.2, -0.15) is 0 Å². The molecule has 1 rings (SSSR count). The molecule has 1 aliphatic rings. The standard InChI is InChI=1S/C14H26N2O3/c1-9(2)11-14(18)16(7-6-8-19-5)12(10(3)4)13(17)15-11/h9-12H,6-8H2,1-5H3,(H,15,17). The number of amides is 2. The lowest BCUT2D eigenvalue weighted by molar-refractivity contribution is -0.152. The first-order chi connectivity index (χ1) is 8.90. The second-order valence-electron chi connectivity index (χ2n) is 5.80. The van der Waals surface area contributed by atoms with Gasteiger partial charge in [0.1, 0.15) is 12.1 Å². The molecule has 0 bridgehead atoms. The van der Waals surface area contributed by atoms with Crippen molar-refractivity contribution >= 4 is 11.8 Å². The summed E-state index contributed by atoms with van der Waals surface area (Å²) in [4.78, 5) is 26.4. The normalized spacial score (nSPS) is 24.3. The number of hydrogen-bond acceptors (Lipinski definition) is 3. The minimum atomic E-state index is -0.398. The van der Waals surface area contributed by atoms with Gasteiger partial charge in [0.2, 0.25) is 11.8 Å². The maximum absolute atomic E-state index is 12.5. The van der Waals surface area contributed by atoms with Crippen molar-refractivity contribution in [2.75, 3.05) is 20.3 Å². The number of nitrogens with one attached hydrogen (secondary N) is 1. The highest BCUT2D eigenvalue weighted by Gasteiger charge is 2.42. The molecule has 5 nitrogen and oxygen atoms in total. The molecule has 0 aliphatic carbocycles. The summed E-state index contributed by atoms with van der Waals surface area (Å²) >= 11 is 0. The highest BCUT2D eigenvalue weighted by molar-refractivity contribution is 5.97. The summed E-state index contributed by atoms with van der Waals surface area (Å²) in [5.41, 5.74) is 0. The van der Waals surface area contributed by atoms with Crippen LogP contribution in [0.4, 0.5) is 0 Å². The fraction of sp³-hybridized carbons (Fsp3) is 0.857. The van der Waals surface area contributed by atoms with Crippen molar-refractivity contribution in [2.45, 2.75) is 46.2 Å². The Labute approximate surface area is 115 Å².